The summed E-state index contributed by atoms with van der Waals surface area (Å²) in [6.07, 6.45) is 0. The smallest absolute Gasteiger partial charge is 0.120 e. The fourth-order valence-electron chi connectivity index (χ4n) is 2.16. The highest BCUT2D eigenvalue weighted by Gasteiger charge is 2.16. The van der Waals surface area contributed by atoms with Gasteiger partial charge in [-0.05, 0) is 48.9 Å². The Balaban J connectivity index is 2.43. The number of hydrogen-bond acceptors (Lipinski definition) is 2. The van der Waals surface area contributed by atoms with Crippen LogP contribution < -0.4 is 10.1 Å². The van der Waals surface area contributed by atoms with Crippen molar-refractivity contribution >= 4 is 27.5 Å². The molecule has 1 unspecified atom stereocenters. The zero-order valence-electron chi connectivity index (χ0n) is 11.7. The summed E-state index contributed by atoms with van der Waals surface area (Å²) >= 11 is 9.84. The minimum Gasteiger partial charge on any atom is -0.497 e. The number of ether oxygens (including phenoxy) is 1. The third-order valence-corrected chi connectivity index (χ3v) is 4.43. The van der Waals surface area contributed by atoms with Crippen LogP contribution in [0.15, 0.2) is 40.9 Å². The Morgan fingerprint density at radius 3 is 2.50 bits per heavy atom. The van der Waals surface area contributed by atoms with Gasteiger partial charge in [-0.25, -0.2) is 0 Å². The molecule has 1 N–H and O–H groups in total. The van der Waals surface area contributed by atoms with Gasteiger partial charge in [0.05, 0.1) is 13.2 Å². The van der Waals surface area contributed by atoms with Crippen LogP contribution in [0.1, 0.15) is 22.7 Å². The van der Waals surface area contributed by atoms with Gasteiger partial charge in [-0.3, -0.25) is 0 Å². The van der Waals surface area contributed by atoms with Crippen LogP contribution in [-0.4, -0.2) is 14.2 Å². The fraction of sp³-hybridized carbons (Fsp3) is 0.250. The normalized spacial score (nSPS) is 12.2. The lowest BCUT2D eigenvalue weighted by Gasteiger charge is -2.20. The molecule has 0 amide bonds. The van der Waals surface area contributed by atoms with Crippen molar-refractivity contribution in [1.82, 2.24) is 5.32 Å². The van der Waals surface area contributed by atoms with Crippen LogP contribution in [0.2, 0.25) is 5.02 Å². The second-order valence-electron chi connectivity index (χ2n) is 4.62. The molecule has 0 saturated carbocycles. The van der Waals surface area contributed by atoms with Crippen LogP contribution in [0.25, 0.3) is 0 Å². The van der Waals surface area contributed by atoms with E-state index in [1.165, 1.54) is 0 Å². The Labute approximate surface area is 133 Å². The summed E-state index contributed by atoms with van der Waals surface area (Å²) in [5.74, 6) is 0.831. The summed E-state index contributed by atoms with van der Waals surface area (Å²) in [6, 6.07) is 12.2. The van der Waals surface area contributed by atoms with Gasteiger partial charge in [-0.15, -0.1) is 0 Å². The number of nitrogens with one attached hydrogen (secondary N) is 1. The van der Waals surface area contributed by atoms with E-state index in [1.807, 2.05) is 38.2 Å². The number of aryl methyl sites for hydroxylation is 1. The Bertz CT molecular complexity index is 615. The van der Waals surface area contributed by atoms with Crippen LogP contribution in [0.3, 0.4) is 0 Å². The van der Waals surface area contributed by atoms with E-state index in [0.717, 1.165) is 31.9 Å². The van der Waals surface area contributed by atoms with Crippen LogP contribution in [0.5, 0.6) is 5.75 Å². The highest BCUT2D eigenvalue weighted by atomic mass is 79.9. The molecule has 0 heterocycles. The summed E-state index contributed by atoms with van der Waals surface area (Å²) in [7, 11) is 3.60. The zero-order valence-corrected chi connectivity index (χ0v) is 14.0. The molecule has 0 radical (unpaired) electrons. The molecular formula is C16H17BrClNO. The summed E-state index contributed by atoms with van der Waals surface area (Å²) in [5.41, 5.74) is 3.36. The second kappa shape index (κ2) is 6.61. The molecule has 20 heavy (non-hydrogen) atoms. The SMILES string of the molecule is CNC(c1ccc(C)c(Cl)c1)c1ccc(OC)cc1Br. The van der Waals surface area contributed by atoms with Crippen LogP contribution in [0, 0.1) is 6.92 Å². The molecule has 4 heteroatoms. The van der Waals surface area contributed by atoms with Gasteiger partial charge in [0.1, 0.15) is 5.75 Å². The van der Waals surface area contributed by atoms with Crippen molar-refractivity contribution < 1.29 is 4.74 Å². The molecule has 2 aromatic rings. The molecule has 0 saturated heterocycles. The van der Waals surface area contributed by atoms with Crippen molar-refractivity contribution in [3.63, 3.8) is 0 Å². The van der Waals surface area contributed by atoms with Gasteiger partial charge >= 0.3 is 0 Å². The fourth-order valence-corrected chi connectivity index (χ4v) is 2.94. The summed E-state index contributed by atoms with van der Waals surface area (Å²) in [5, 5.41) is 4.11. The molecule has 1 atom stereocenters. The first-order valence-corrected chi connectivity index (χ1v) is 7.50. The Morgan fingerprint density at radius 2 is 1.95 bits per heavy atom. The van der Waals surface area contributed by atoms with Crippen LogP contribution in [0.4, 0.5) is 0 Å². The van der Waals surface area contributed by atoms with Gasteiger partial charge < -0.3 is 10.1 Å². The number of hydrogen-bond donors (Lipinski definition) is 1. The molecule has 2 aromatic carbocycles. The Morgan fingerprint density at radius 1 is 1.20 bits per heavy atom. The Hall–Kier alpha value is -1.03. The average Bonchev–Trinajstić information content (AvgIpc) is 2.45. The van der Waals surface area contributed by atoms with E-state index in [0.29, 0.717) is 0 Å². The lowest BCUT2D eigenvalue weighted by atomic mass is 9.98. The first-order chi connectivity index (χ1) is 9.56. The van der Waals surface area contributed by atoms with Gasteiger partial charge in [0, 0.05) is 9.50 Å². The quantitative estimate of drug-likeness (QED) is 0.857. The van der Waals surface area contributed by atoms with Gasteiger partial charge in [0.25, 0.3) is 0 Å². The molecule has 0 bridgehead atoms. The van der Waals surface area contributed by atoms with Crippen LogP contribution >= 0.6 is 27.5 Å². The molecule has 106 valence electrons. The predicted octanol–water partition coefficient (Wildman–Crippen LogP) is 4.73. The molecule has 0 aliphatic carbocycles. The highest BCUT2D eigenvalue weighted by molar-refractivity contribution is 9.10. The number of benzene rings is 2. The lowest BCUT2D eigenvalue weighted by Crippen LogP contribution is -2.18. The molecule has 0 fully saturated rings. The first-order valence-electron chi connectivity index (χ1n) is 6.33. The summed E-state index contributed by atoms with van der Waals surface area (Å²) in [6.45, 7) is 2.00. The molecule has 2 rings (SSSR count). The van der Waals surface area contributed by atoms with Crippen molar-refractivity contribution in [2.45, 2.75) is 13.0 Å². The molecule has 0 aliphatic heterocycles. The molecule has 0 spiro atoms. The maximum atomic E-state index is 6.23. The number of rotatable bonds is 4. The third kappa shape index (κ3) is 3.17. The predicted molar refractivity (Wildman–Crippen MR) is 87.8 cm³/mol. The zero-order chi connectivity index (χ0) is 14.7. The standard InChI is InChI=1S/C16H17BrClNO/c1-10-4-5-11(8-15(10)18)16(19-2)13-7-6-12(20-3)9-14(13)17/h4-9,16,19H,1-3H3. The van der Waals surface area contributed by atoms with E-state index in [9.17, 15) is 0 Å². The topological polar surface area (TPSA) is 21.3 Å². The van der Waals surface area contributed by atoms with E-state index >= 15 is 0 Å². The van der Waals surface area contributed by atoms with Gasteiger partial charge in [0.2, 0.25) is 0 Å². The van der Waals surface area contributed by atoms with E-state index in [4.69, 9.17) is 16.3 Å². The van der Waals surface area contributed by atoms with E-state index in [-0.39, 0.29) is 6.04 Å². The van der Waals surface area contributed by atoms with Crippen molar-refractivity contribution in [2.24, 2.45) is 0 Å². The average molecular weight is 355 g/mol. The lowest BCUT2D eigenvalue weighted by molar-refractivity contribution is 0.414. The highest BCUT2D eigenvalue weighted by Crippen LogP contribution is 2.32. The number of halogens is 2. The van der Waals surface area contributed by atoms with Crippen molar-refractivity contribution in [3.8, 4) is 5.75 Å². The minimum absolute atomic E-state index is 0.0772. The van der Waals surface area contributed by atoms with E-state index in [2.05, 4.69) is 33.4 Å². The Kier molecular flexibility index (Phi) is 5.08. The summed E-state index contributed by atoms with van der Waals surface area (Å²) in [4.78, 5) is 0. The summed E-state index contributed by atoms with van der Waals surface area (Å²) < 4.78 is 6.24. The maximum absolute atomic E-state index is 6.23. The van der Waals surface area contributed by atoms with Crippen molar-refractivity contribution in [1.29, 1.82) is 0 Å². The third-order valence-electron chi connectivity index (χ3n) is 3.34. The monoisotopic (exact) mass is 353 g/mol. The van der Waals surface area contributed by atoms with Gasteiger partial charge in [-0.1, -0.05) is 45.7 Å². The van der Waals surface area contributed by atoms with Crippen LogP contribution in [-0.2, 0) is 0 Å². The van der Waals surface area contributed by atoms with Gasteiger partial charge in [0.15, 0.2) is 0 Å². The second-order valence-corrected chi connectivity index (χ2v) is 5.88. The largest absolute Gasteiger partial charge is 0.497 e. The van der Waals surface area contributed by atoms with Crippen molar-refractivity contribution in [2.75, 3.05) is 14.2 Å². The molecule has 2 nitrogen and oxygen atoms in total. The van der Waals surface area contributed by atoms with Crippen molar-refractivity contribution in [3.05, 3.63) is 62.6 Å². The van der Waals surface area contributed by atoms with Gasteiger partial charge in [-0.2, -0.15) is 0 Å². The molecule has 0 aromatic heterocycles. The maximum Gasteiger partial charge on any atom is 0.120 e. The number of methoxy groups -OCH3 is 1. The van der Waals surface area contributed by atoms with E-state index < -0.39 is 0 Å². The molecular weight excluding hydrogens is 338 g/mol. The molecule has 0 aliphatic rings. The first kappa shape index (κ1) is 15.4. The minimum atomic E-state index is 0.0772. The van der Waals surface area contributed by atoms with E-state index in [1.54, 1.807) is 7.11 Å².